The molecule has 2 heterocycles. The van der Waals surface area contributed by atoms with Crippen LogP contribution in [0.4, 0.5) is 29.7 Å². The van der Waals surface area contributed by atoms with Crippen molar-refractivity contribution in [1.82, 2.24) is 15.0 Å². The number of hydrogen-bond acceptors (Lipinski definition) is 6. The molecular formula is C13H12F3N5O3. The lowest BCUT2D eigenvalue weighted by atomic mass is 10.2. The number of nitrogens with zero attached hydrogens (tertiary/aromatic N) is 4. The minimum Gasteiger partial charge on any atom is -0.481 e. The Bertz CT molecular complexity index is 732. The van der Waals surface area contributed by atoms with Gasteiger partial charge in [-0.05, 0) is 12.1 Å². The second kappa shape index (κ2) is 6.56. The number of methoxy groups -OCH3 is 2. The van der Waals surface area contributed by atoms with E-state index in [0.717, 1.165) is 18.3 Å². The summed E-state index contributed by atoms with van der Waals surface area (Å²) in [6.07, 6.45) is -3.68. The molecule has 2 aromatic rings. The average Bonchev–Trinajstić information content (AvgIpc) is 2.53. The monoisotopic (exact) mass is 343 g/mol. The van der Waals surface area contributed by atoms with Gasteiger partial charge in [0.05, 0.1) is 25.8 Å². The van der Waals surface area contributed by atoms with Crippen molar-refractivity contribution in [3.8, 4) is 11.8 Å². The largest absolute Gasteiger partial charge is 0.481 e. The van der Waals surface area contributed by atoms with Crippen molar-refractivity contribution in [3.05, 3.63) is 30.0 Å². The zero-order valence-electron chi connectivity index (χ0n) is 12.5. The molecule has 0 radical (unpaired) electrons. The highest BCUT2D eigenvalue weighted by atomic mass is 19.4. The number of hydrogen-bond donors (Lipinski definition) is 1. The van der Waals surface area contributed by atoms with Gasteiger partial charge in [-0.25, -0.2) is 14.7 Å². The fourth-order valence-electron chi connectivity index (χ4n) is 1.80. The average molecular weight is 343 g/mol. The molecule has 0 aliphatic carbocycles. The molecule has 0 atom stereocenters. The third-order valence-corrected chi connectivity index (χ3v) is 2.81. The third-order valence-electron chi connectivity index (χ3n) is 2.81. The van der Waals surface area contributed by atoms with E-state index in [1.807, 2.05) is 0 Å². The van der Waals surface area contributed by atoms with E-state index in [4.69, 9.17) is 15.2 Å². The predicted molar refractivity (Wildman–Crippen MR) is 76.1 cm³/mol. The Kier molecular flexibility index (Phi) is 4.71. The fraction of sp³-hybridized carbons (Fsp3) is 0.231. The normalized spacial score (nSPS) is 11.0. The predicted octanol–water partition coefficient (Wildman–Crippen LogP) is 2.12. The number of carbonyl (C=O) groups is 1. The smallest absolute Gasteiger partial charge is 0.419 e. The minimum absolute atomic E-state index is 0.0346. The molecule has 11 heteroatoms. The quantitative estimate of drug-likeness (QED) is 0.912. The number of aromatic nitrogens is 3. The molecule has 24 heavy (non-hydrogen) atoms. The number of urea groups is 1. The lowest BCUT2D eigenvalue weighted by Gasteiger charge is -2.21. The van der Waals surface area contributed by atoms with Crippen molar-refractivity contribution in [2.24, 2.45) is 5.73 Å². The Morgan fingerprint density at radius 3 is 2.25 bits per heavy atom. The number of anilines is 2. The molecule has 0 aromatic carbocycles. The number of alkyl halides is 3. The van der Waals surface area contributed by atoms with Crippen LogP contribution in [-0.2, 0) is 6.18 Å². The molecule has 0 spiro atoms. The summed E-state index contributed by atoms with van der Waals surface area (Å²) in [5.41, 5.74) is 4.04. The number of rotatable bonds is 4. The second-order valence-electron chi connectivity index (χ2n) is 4.30. The van der Waals surface area contributed by atoms with Crippen LogP contribution >= 0.6 is 0 Å². The van der Waals surface area contributed by atoms with Crippen LogP contribution in [0.25, 0.3) is 0 Å². The number of pyridine rings is 1. The van der Waals surface area contributed by atoms with Crippen LogP contribution in [0.3, 0.4) is 0 Å². The fourth-order valence-corrected chi connectivity index (χ4v) is 1.80. The molecule has 0 saturated heterocycles. The summed E-state index contributed by atoms with van der Waals surface area (Å²) in [5.74, 6) is -1.30. The number of carbonyl (C=O) groups excluding carboxylic acids is 1. The molecule has 2 amide bonds. The summed E-state index contributed by atoms with van der Waals surface area (Å²) in [5, 5.41) is 0. The minimum atomic E-state index is -4.76. The third kappa shape index (κ3) is 3.45. The summed E-state index contributed by atoms with van der Waals surface area (Å²) in [4.78, 5) is 23.4. The number of nitrogens with two attached hydrogens (primary N) is 1. The van der Waals surface area contributed by atoms with Gasteiger partial charge in [-0.2, -0.15) is 23.1 Å². The molecule has 0 unspecified atom stereocenters. The van der Waals surface area contributed by atoms with Gasteiger partial charge in [-0.15, -0.1) is 0 Å². The van der Waals surface area contributed by atoms with Crippen molar-refractivity contribution in [1.29, 1.82) is 0 Å². The summed E-state index contributed by atoms with van der Waals surface area (Å²) in [6.45, 7) is 0. The highest BCUT2D eigenvalue weighted by Crippen LogP contribution is 2.37. The lowest BCUT2D eigenvalue weighted by molar-refractivity contribution is -0.137. The first-order valence-electron chi connectivity index (χ1n) is 6.36. The van der Waals surface area contributed by atoms with Crippen LogP contribution in [0.5, 0.6) is 11.8 Å². The van der Waals surface area contributed by atoms with Crippen molar-refractivity contribution >= 4 is 17.8 Å². The van der Waals surface area contributed by atoms with Crippen LogP contribution < -0.4 is 20.1 Å². The van der Waals surface area contributed by atoms with E-state index in [0.29, 0.717) is 4.90 Å². The second-order valence-corrected chi connectivity index (χ2v) is 4.30. The van der Waals surface area contributed by atoms with E-state index in [9.17, 15) is 18.0 Å². The van der Waals surface area contributed by atoms with Gasteiger partial charge in [-0.1, -0.05) is 0 Å². The molecular weight excluding hydrogens is 331 g/mol. The summed E-state index contributed by atoms with van der Waals surface area (Å²) in [6, 6.07) is 1.87. The Balaban J connectivity index is 2.67. The summed E-state index contributed by atoms with van der Waals surface area (Å²) < 4.78 is 49.3. The van der Waals surface area contributed by atoms with Crippen molar-refractivity contribution < 1.29 is 27.4 Å². The maximum Gasteiger partial charge on any atom is 0.419 e. The number of halogens is 3. The molecule has 2 aromatic heterocycles. The van der Waals surface area contributed by atoms with E-state index in [2.05, 4.69) is 15.0 Å². The number of primary amides is 1. The van der Waals surface area contributed by atoms with Gasteiger partial charge in [-0.3, -0.25) is 0 Å². The molecule has 0 bridgehead atoms. The van der Waals surface area contributed by atoms with Crippen LogP contribution in [0, 0.1) is 0 Å². The standard InChI is InChI=1S/C13H12F3N5O3/c1-23-8-6-9(24-2)20-12(19-8)21(11(17)22)10-7(13(14,15)16)4-3-5-18-10/h3-6H,1-2H3,(H2,17,22). The molecule has 0 aliphatic heterocycles. The summed E-state index contributed by atoms with van der Waals surface area (Å²) >= 11 is 0. The van der Waals surface area contributed by atoms with Crippen molar-refractivity contribution in [2.75, 3.05) is 19.1 Å². The molecule has 2 rings (SSSR count). The molecule has 0 saturated carbocycles. The van der Waals surface area contributed by atoms with Gasteiger partial charge < -0.3 is 15.2 Å². The Morgan fingerprint density at radius 2 is 1.79 bits per heavy atom. The van der Waals surface area contributed by atoms with Gasteiger partial charge in [0.1, 0.15) is 0 Å². The van der Waals surface area contributed by atoms with Gasteiger partial charge in [0.25, 0.3) is 0 Å². The van der Waals surface area contributed by atoms with Gasteiger partial charge >= 0.3 is 12.2 Å². The van der Waals surface area contributed by atoms with E-state index in [-0.39, 0.29) is 11.8 Å². The van der Waals surface area contributed by atoms with E-state index < -0.39 is 29.5 Å². The molecule has 0 aliphatic rings. The van der Waals surface area contributed by atoms with E-state index in [1.165, 1.54) is 20.3 Å². The molecule has 0 fully saturated rings. The topological polar surface area (TPSA) is 103 Å². The SMILES string of the molecule is COc1cc(OC)nc(N(C(N)=O)c2ncccc2C(F)(F)F)n1. The van der Waals surface area contributed by atoms with Crippen molar-refractivity contribution in [3.63, 3.8) is 0 Å². The van der Waals surface area contributed by atoms with Gasteiger partial charge in [0.2, 0.25) is 17.7 Å². The van der Waals surface area contributed by atoms with E-state index in [1.54, 1.807) is 0 Å². The van der Waals surface area contributed by atoms with E-state index >= 15 is 0 Å². The maximum atomic E-state index is 13.2. The highest BCUT2D eigenvalue weighted by molar-refractivity contribution is 5.96. The van der Waals surface area contributed by atoms with Crippen LogP contribution in [0.15, 0.2) is 24.4 Å². The lowest BCUT2D eigenvalue weighted by Crippen LogP contribution is -2.35. The Hall–Kier alpha value is -3.11. The van der Waals surface area contributed by atoms with Crippen molar-refractivity contribution in [2.45, 2.75) is 6.18 Å². The molecule has 2 N–H and O–H groups in total. The van der Waals surface area contributed by atoms with Crippen LogP contribution in [0.1, 0.15) is 5.56 Å². The Labute approximate surface area is 134 Å². The Morgan fingerprint density at radius 1 is 1.21 bits per heavy atom. The first-order valence-corrected chi connectivity index (χ1v) is 6.36. The van der Waals surface area contributed by atoms with Gasteiger partial charge in [0.15, 0.2) is 5.82 Å². The highest BCUT2D eigenvalue weighted by Gasteiger charge is 2.38. The van der Waals surface area contributed by atoms with Crippen LogP contribution in [-0.4, -0.2) is 35.2 Å². The zero-order chi connectivity index (χ0) is 17.9. The summed E-state index contributed by atoms with van der Waals surface area (Å²) in [7, 11) is 2.56. The first kappa shape index (κ1) is 17.2. The van der Waals surface area contributed by atoms with Gasteiger partial charge in [0, 0.05) is 6.20 Å². The molecule has 8 nitrogen and oxygen atoms in total. The first-order chi connectivity index (χ1) is 11.3. The molecule has 128 valence electrons. The maximum absolute atomic E-state index is 13.2. The van der Waals surface area contributed by atoms with Crippen LogP contribution in [0.2, 0.25) is 0 Å². The zero-order valence-corrected chi connectivity index (χ0v) is 12.5. The number of ether oxygens (including phenoxy) is 2. The number of amides is 2.